The van der Waals surface area contributed by atoms with Crippen molar-refractivity contribution in [3.05, 3.63) is 205 Å². The van der Waals surface area contributed by atoms with Crippen molar-refractivity contribution in [3.8, 4) is 39.7 Å². The molecule has 6 aromatic heterocycles. The van der Waals surface area contributed by atoms with Crippen molar-refractivity contribution in [2.75, 3.05) is 0 Å². The SMILES string of the molecule is [C-]#[N+]c1c(-c2cccnc2)c(C#N)c(-n2c3ccccc3c3ccc4c5ccccc5sc4c32)c(-c2ccccc2)c1-n1c2c(ccc3c4ccccc4sc32)c2ccc3c4ccccc4sc3c21. The highest BCUT2D eigenvalue weighted by Crippen LogP contribution is 2.55. The Morgan fingerprint density at radius 2 is 0.899 bits per heavy atom. The van der Waals surface area contributed by atoms with Crippen molar-refractivity contribution in [2.45, 2.75) is 0 Å². The number of hydrogen-bond donors (Lipinski definition) is 0. The molecule has 0 unspecified atom stereocenters. The third kappa shape index (κ3) is 5.17. The molecular formula is C61H31N5S3. The molecule has 0 fully saturated rings. The van der Waals surface area contributed by atoms with Gasteiger partial charge in [0.25, 0.3) is 0 Å². The second-order valence-corrected chi connectivity index (χ2v) is 20.7. The molecule has 69 heavy (non-hydrogen) atoms. The highest BCUT2D eigenvalue weighted by molar-refractivity contribution is 7.27. The predicted octanol–water partition coefficient (Wildman–Crippen LogP) is 18.1. The van der Waals surface area contributed by atoms with Crippen LogP contribution in [0, 0.1) is 17.9 Å². The molecule has 318 valence electrons. The summed E-state index contributed by atoms with van der Waals surface area (Å²) in [5.41, 5.74) is 9.32. The van der Waals surface area contributed by atoms with Crippen molar-refractivity contribution in [1.82, 2.24) is 14.1 Å². The Labute approximate surface area is 405 Å². The Bertz CT molecular complexity index is 4670. The van der Waals surface area contributed by atoms with E-state index in [0.29, 0.717) is 22.4 Å². The summed E-state index contributed by atoms with van der Waals surface area (Å²) in [5.74, 6) is 0. The van der Waals surface area contributed by atoms with Gasteiger partial charge in [-0.3, -0.25) is 4.98 Å². The Morgan fingerprint density at radius 3 is 1.42 bits per heavy atom. The van der Waals surface area contributed by atoms with Gasteiger partial charge >= 0.3 is 0 Å². The number of benzene rings is 9. The Balaban J connectivity index is 1.27. The van der Waals surface area contributed by atoms with E-state index in [-0.39, 0.29) is 0 Å². The van der Waals surface area contributed by atoms with Gasteiger partial charge in [0.05, 0.1) is 59.7 Å². The third-order valence-electron chi connectivity index (χ3n) is 14.1. The molecule has 0 aliphatic heterocycles. The lowest BCUT2D eigenvalue weighted by molar-refractivity contribution is 1.14. The molecule has 5 nitrogen and oxygen atoms in total. The molecule has 15 aromatic rings. The molecule has 0 amide bonds. The van der Waals surface area contributed by atoms with Gasteiger partial charge in [0.2, 0.25) is 5.69 Å². The first kappa shape index (κ1) is 38.5. The monoisotopic (exact) mass is 929 g/mol. The van der Waals surface area contributed by atoms with Crippen molar-refractivity contribution >= 4 is 144 Å². The fourth-order valence-corrected chi connectivity index (χ4v) is 15.0. The van der Waals surface area contributed by atoms with Gasteiger partial charge in [-0.2, -0.15) is 5.26 Å². The number of rotatable bonds is 4. The number of nitrogens with zero attached hydrogens (tertiary/aromatic N) is 5. The lowest BCUT2D eigenvalue weighted by Crippen LogP contribution is -2.09. The van der Waals surface area contributed by atoms with E-state index in [4.69, 9.17) is 0 Å². The molecule has 0 bridgehead atoms. The average Bonchev–Trinajstić information content (AvgIpc) is 4.23. The molecule has 15 rings (SSSR count). The molecule has 0 radical (unpaired) electrons. The molecule has 9 aromatic carbocycles. The summed E-state index contributed by atoms with van der Waals surface area (Å²) >= 11 is 5.38. The van der Waals surface area contributed by atoms with E-state index in [9.17, 15) is 11.8 Å². The van der Waals surface area contributed by atoms with Crippen LogP contribution in [-0.2, 0) is 0 Å². The Hall–Kier alpha value is -8.63. The maximum atomic E-state index is 12.0. The van der Waals surface area contributed by atoms with E-state index in [1.54, 1.807) is 46.4 Å². The second kappa shape index (κ2) is 14.4. The highest BCUT2D eigenvalue weighted by atomic mass is 32.1. The lowest BCUT2D eigenvalue weighted by Gasteiger charge is -2.26. The standard InChI is InChI=1S/C61H31N5S3/c1-63-53-51(35-16-13-31-64-33-35)46(32-62)54(65-47-21-9-5-17-36(47)40-25-28-43-37-18-6-10-22-48(37)67-59(43)55(40)65)52(34-14-3-2-4-15-34)58(53)66-56-41(26-29-44-38-19-7-11-23-49(38)68-60(44)56)42-27-30-45-39-20-8-12-24-50(39)69-61(45)57(42)66/h2-31,33H. The number of thiophene rings is 3. The van der Waals surface area contributed by atoms with Crippen LogP contribution >= 0.6 is 34.0 Å². The number of fused-ring (bicyclic) bond motifs is 18. The van der Waals surface area contributed by atoms with Crippen molar-refractivity contribution in [3.63, 3.8) is 0 Å². The van der Waals surface area contributed by atoms with Gasteiger partial charge in [-0.1, -0.05) is 146 Å². The molecule has 0 saturated carbocycles. The minimum atomic E-state index is 0.393. The molecule has 8 heteroatoms. The van der Waals surface area contributed by atoms with Crippen LogP contribution in [0.1, 0.15) is 5.56 Å². The Morgan fingerprint density at radius 1 is 0.435 bits per heavy atom. The minimum Gasteiger partial charge on any atom is -0.316 e. The molecule has 0 aliphatic rings. The van der Waals surface area contributed by atoms with Crippen LogP contribution in [0.2, 0.25) is 0 Å². The van der Waals surface area contributed by atoms with E-state index < -0.39 is 0 Å². The smallest absolute Gasteiger partial charge is 0.220 e. The van der Waals surface area contributed by atoms with Crippen molar-refractivity contribution < 1.29 is 0 Å². The molecule has 0 spiro atoms. The number of nitriles is 1. The van der Waals surface area contributed by atoms with Gasteiger partial charge in [-0.25, -0.2) is 4.85 Å². The normalized spacial score (nSPS) is 12.0. The first-order chi connectivity index (χ1) is 34.2. The van der Waals surface area contributed by atoms with E-state index in [1.165, 1.54) is 46.4 Å². The van der Waals surface area contributed by atoms with Gasteiger partial charge in [0, 0.05) is 91.5 Å². The first-order valence-corrected chi connectivity index (χ1v) is 25.1. The summed E-state index contributed by atoms with van der Waals surface area (Å²) in [6.45, 7) is 9.48. The van der Waals surface area contributed by atoms with Crippen LogP contribution in [0.4, 0.5) is 5.69 Å². The van der Waals surface area contributed by atoms with Gasteiger partial charge < -0.3 is 9.13 Å². The van der Waals surface area contributed by atoms with E-state index in [0.717, 1.165) is 80.2 Å². The quantitative estimate of drug-likeness (QED) is 0.165. The summed E-state index contributed by atoms with van der Waals surface area (Å²) in [5, 5.41) is 23.5. The maximum Gasteiger partial charge on any atom is 0.220 e. The lowest BCUT2D eigenvalue weighted by atomic mass is 9.89. The van der Waals surface area contributed by atoms with Crippen LogP contribution in [0.25, 0.3) is 143 Å². The molecule has 0 saturated heterocycles. The number of aromatic nitrogens is 3. The van der Waals surface area contributed by atoms with E-state index in [1.807, 2.05) is 18.2 Å². The first-order valence-electron chi connectivity index (χ1n) is 22.7. The number of para-hydroxylation sites is 1. The summed E-state index contributed by atoms with van der Waals surface area (Å²) < 4.78 is 11.8. The fourth-order valence-electron chi connectivity index (χ4n) is 11.3. The maximum absolute atomic E-state index is 12.0. The third-order valence-corrected chi connectivity index (χ3v) is 17.6. The molecular weight excluding hydrogens is 899 g/mol. The zero-order valence-electron chi connectivity index (χ0n) is 36.4. The molecule has 6 heterocycles. The van der Waals surface area contributed by atoms with Crippen LogP contribution in [0.15, 0.2) is 188 Å². The van der Waals surface area contributed by atoms with Crippen molar-refractivity contribution in [1.29, 1.82) is 5.26 Å². The highest BCUT2D eigenvalue weighted by Gasteiger charge is 2.33. The molecule has 0 N–H and O–H groups in total. The predicted molar refractivity (Wildman–Crippen MR) is 293 cm³/mol. The van der Waals surface area contributed by atoms with Gasteiger partial charge in [-0.15, -0.1) is 34.0 Å². The fraction of sp³-hybridized carbons (Fsp3) is 0. The summed E-state index contributed by atoms with van der Waals surface area (Å²) in [6.07, 6.45) is 3.55. The van der Waals surface area contributed by atoms with Crippen molar-refractivity contribution in [2.24, 2.45) is 0 Å². The summed E-state index contributed by atoms with van der Waals surface area (Å²) in [6, 6.07) is 65.3. The Kier molecular flexibility index (Phi) is 8.05. The van der Waals surface area contributed by atoms with Gasteiger partial charge in [0.1, 0.15) is 6.07 Å². The summed E-state index contributed by atoms with van der Waals surface area (Å²) in [4.78, 5) is 9.28. The van der Waals surface area contributed by atoms with Crippen LogP contribution < -0.4 is 0 Å². The van der Waals surface area contributed by atoms with Gasteiger partial charge in [-0.05, 0) is 41.5 Å². The van der Waals surface area contributed by atoms with Crippen LogP contribution in [-0.4, -0.2) is 14.1 Å². The minimum absolute atomic E-state index is 0.393. The topological polar surface area (TPSA) is 50.9 Å². The van der Waals surface area contributed by atoms with E-state index >= 15 is 0 Å². The van der Waals surface area contributed by atoms with Gasteiger partial charge in [0.15, 0.2) is 0 Å². The number of hydrogen-bond acceptors (Lipinski definition) is 5. The molecule has 0 atom stereocenters. The largest absolute Gasteiger partial charge is 0.316 e. The van der Waals surface area contributed by atoms with E-state index in [2.05, 4.69) is 183 Å². The second-order valence-electron chi connectivity index (χ2n) is 17.5. The van der Waals surface area contributed by atoms with Crippen LogP contribution in [0.3, 0.4) is 0 Å². The van der Waals surface area contributed by atoms with Crippen LogP contribution in [0.5, 0.6) is 0 Å². The number of pyridine rings is 1. The average molecular weight is 930 g/mol. The summed E-state index contributed by atoms with van der Waals surface area (Å²) in [7, 11) is 0. The molecule has 0 aliphatic carbocycles. The zero-order valence-corrected chi connectivity index (χ0v) is 38.8. The zero-order chi connectivity index (χ0) is 45.5.